The average Bonchev–Trinajstić information content (AvgIpc) is 3.41. The molecule has 0 radical (unpaired) electrons. The molecular weight excluding hydrogens is 382 g/mol. The summed E-state index contributed by atoms with van der Waals surface area (Å²) in [5, 5.41) is 0. The fraction of sp³-hybridized carbons (Fsp3) is 0.429. The van der Waals surface area contributed by atoms with Gasteiger partial charge in [0.25, 0.3) is 11.8 Å². The number of fused-ring (bicyclic) bond motifs is 1. The summed E-state index contributed by atoms with van der Waals surface area (Å²) in [4.78, 5) is 29.1. The Balaban J connectivity index is 1.33. The van der Waals surface area contributed by atoms with Crippen LogP contribution in [0.2, 0.25) is 0 Å². The van der Waals surface area contributed by atoms with Crippen LogP contribution in [-0.2, 0) is 9.53 Å². The minimum Gasteiger partial charge on any atom is -0.459 e. The quantitative estimate of drug-likeness (QED) is 0.774. The summed E-state index contributed by atoms with van der Waals surface area (Å²) >= 11 is 0. The van der Waals surface area contributed by atoms with Gasteiger partial charge in [-0.2, -0.15) is 0 Å². The highest BCUT2D eigenvalue weighted by atomic mass is 19.1. The molecule has 0 bridgehead atoms. The van der Waals surface area contributed by atoms with Gasteiger partial charge in [-0.25, -0.2) is 8.78 Å². The fourth-order valence-electron chi connectivity index (χ4n) is 4.77. The third kappa shape index (κ3) is 2.93. The minimum absolute atomic E-state index is 0.153. The molecule has 2 atom stereocenters. The molecule has 0 unspecified atom stereocenters. The smallest absolute Gasteiger partial charge is 0.289 e. The number of benzene rings is 1. The first-order valence-corrected chi connectivity index (χ1v) is 9.76. The third-order valence-corrected chi connectivity index (χ3v) is 6.18. The van der Waals surface area contributed by atoms with Crippen LogP contribution in [0.4, 0.5) is 8.78 Å². The van der Waals surface area contributed by atoms with Crippen LogP contribution in [0.5, 0.6) is 0 Å². The van der Waals surface area contributed by atoms with Gasteiger partial charge in [0.05, 0.1) is 12.3 Å². The number of amides is 2. The van der Waals surface area contributed by atoms with Gasteiger partial charge in [-0.05, 0) is 42.7 Å². The summed E-state index contributed by atoms with van der Waals surface area (Å²) in [6.45, 7) is 0.760. The van der Waals surface area contributed by atoms with Gasteiger partial charge in [0.15, 0.2) is 11.4 Å². The second kappa shape index (κ2) is 6.66. The van der Waals surface area contributed by atoms with Gasteiger partial charge in [0.2, 0.25) is 0 Å². The molecule has 3 aliphatic heterocycles. The normalized spacial score (nSPS) is 25.7. The number of piperidine rings is 1. The molecule has 0 N–H and O–H groups in total. The SMILES string of the molecule is O=C(c1ccco1)N1CCC2(CC1)O[C@@H]1CC[C@@H](c3cc(F)cc(F)c3)N1C2=O. The maximum atomic E-state index is 13.7. The van der Waals surface area contributed by atoms with Crippen LogP contribution in [-0.4, -0.2) is 46.5 Å². The fourth-order valence-corrected chi connectivity index (χ4v) is 4.77. The summed E-state index contributed by atoms with van der Waals surface area (Å²) < 4.78 is 38.7. The lowest BCUT2D eigenvalue weighted by molar-refractivity contribution is -0.142. The highest BCUT2D eigenvalue weighted by Gasteiger charge is 2.58. The first-order chi connectivity index (χ1) is 14.0. The zero-order valence-corrected chi connectivity index (χ0v) is 15.6. The molecule has 2 aromatic rings. The zero-order chi connectivity index (χ0) is 20.2. The van der Waals surface area contributed by atoms with E-state index in [1.807, 2.05) is 0 Å². The number of carbonyl (C=O) groups is 2. The first kappa shape index (κ1) is 18.3. The maximum absolute atomic E-state index is 13.7. The Morgan fingerprint density at radius 2 is 1.83 bits per heavy atom. The van der Waals surface area contributed by atoms with Crippen molar-refractivity contribution in [2.75, 3.05) is 13.1 Å². The van der Waals surface area contributed by atoms with Crippen molar-refractivity contribution in [1.29, 1.82) is 0 Å². The standard InChI is InChI=1S/C21H20F2N2O4/c22-14-10-13(11-15(23)12-14)16-3-4-18-25(16)20(27)21(29-18)5-7-24(8-6-21)19(26)17-2-1-9-28-17/h1-2,9-12,16,18H,3-8H2/t16-,18+/m0/s1. The second-order valence-electron chi connectivity index (χ2n) is 7.84. The molecule has 4 heterocycles. The number of rotatable bonds is 2. The van der Waals surface area contributed by atoms with E-state index in [1.165, 1.54) is 18.4 Å². The van der Waals surface area contributed by atoms with Crippen molar-refractivity contribution in [3.05, 3.63) is 59.6 Å². The molecule has 1 aromatic heterocycles. The summed E-state index contributed by atoms with van der Waals surface area (Å²) in [5.41, 5.74) is -0.528. The van der Waals surface area contributed by atoms with E-state index in [1.54, 1.807) is 21.9 Å². The van der Waals surface area contributed by atoms with Gasteiger partial charge in [-0.1, -0.05) is 0 Å². The van der Waals surface area contributed by atoms with E-state index in [4.69, 9.17) is 9.15 Å². The summed E-state index contributed by atoms with van der Waals surface area (Å²) in [6.07, 6.45) is 3.03. The number of nitrogens with zero attached hydrogens (tertiary/aromatic N) is 2. The van der Waals surface area contributed by atoms with Gasteiger partial charge in [-0.3, -0.25) is 9.59 Å². The maximum Gasteiger partial charge on any atom is 0.289 e. The largest absolute Gasteiger partial charge is 0.459 e. The van der Waals surface area contributed by atoms with E-state index in [-0.39, 0.29) is 17.6 Å². The Bertz CT molecular complexity index is 933. The molecule has 6 nitrogen and oxygen atoms in total. The number of ether oxygens (including phenoxy) is 1. The van der Waals surface area contributed by atoms with Crippen LogP contribution < -0.4 is 0 Å². The number of hydrogen-bond donors (Lipinski definition) is 0. The molecule has 0 saturated carbocycles. The lowest BCUT2D eigenvalue weighted by Crippen LogP contribution is -2.51. The second-order valence-corrected chi connectivity index (χ2v) is 7.84. The van der Waals surface area contributed by atoms with E-state index in [0.29, 0.717) is 44.3 Å². The Morgan fingerprint density at radius 3 is 2.48 bits per heavy atom. The molecular formula is C21H20F2N2O4. The Morgan fingerprint density at radius 1 is 1.10 bits per heavy atom. The lowest BCUT2D eigenvalue weighted by Gasteiger charge is -2.37. The molecule has 1 aromatic carbocycles. The molecule has 3 aliphatic rings. The number of furan rings is 1. The van der Waals surface area contributed by atoms with Gasteiger partial charge >= 0.3 is 0 Å². The molecule has 1 spiro atoms. The van der Waals surface area contributed by atoms with Gasteiger partial charge in [0, 0.05) is 32.0 Å². The van der Waals surface area contributed by atoms with Crippen LogP contribution in [0.1, 0.15) is 47.8 Å². The van der Waals surface area contributed by atoms with Crippen molar-refractivity contribution < 1.29 is 27.5 Å². The Kier molecular flexibility index (Phi) is 4.20. The lowest BCUT2D eigenvalue weighted by atomic mass is 9.89. The molecule has 3 saturated heterocycles. The highest BCUT2D eigenvalue weighted by molar-refractivity contribution is 5.92. The van der Waals surface area contributed by atoms with Crippen molar-refractivity contribution in [2.24, 2.45) is 0 Å². The van der Waals surface area contributed by atoms with E-state index < -0.39 is 29.5 Å². The van der Waals surface area contributed by atoms with Crippen LogP contribution in [0.15, 0.2) is 41.0 Å². The van der Waals surface area contributed by atoms with E-state index in [9.17, 15) is 18.4 Å². The van der Waals surface area contributed by atoms with E-state index in [0.717, 1.165) is 6.07 Å². The van der Waals surface area contributed by atoms with Crippen LogP contribution in [0, 0.1) is 11.6 Å². The van der Waals surface area contributed by atoms with Crippen LogP contribution >= 0.6 is 0 Å². The van der Waals surface area contributed by atoms with Crippen molar-refractivity contribution >= 4 is 11.8 Å². The number of likely N-dealkylation sites (tertiary alicyclic amines) is 1. The van der Waals surface area contributed by atoms with Gasteiger partial charge in [0.1, 0.15) is 17.9 Å². The van der Waals surface area contributed by atoms with E-state index >= 15 is 0 Å². The highest BCUT2D eigenvalue weighted by Crippen LogP contribution is 2.47. The zero-order valence-electron chi connectivity index (χ0n) is 15.6. The predicted molar refractivity (Wildman–Crippen MR) is 96.6 cm³/mol. The van der Waals surface area contributed by atoms with Crippen LogP contribution in [0.3, 0.4) is 0 Å². The monoisotopic (exact) mass is 402 g/mol. The van der Waals surface area contributed by atoms with Crippen LogP contribution in [0.25, 0.3) is 0 Å². The number of carbonyl (C=O) groups excluding carboxylic acids is 2. The third-order valence-electron chi connectivity index (χ3n) is 6.18. The first-order valence-electron chi connectivity index (χ1n) is 9.76. The summed E-state index contributed by atoms with van der Waals surface area (Å²) in [6, 6.07) is 6.25. The van der Waals surface area contributed by atoms with Crippen molar-refractivity contribution in [3.8, 4) is 0 Å². The molecule has 29 heavy (non-hydrogen) atoms. The Labute approximate surface area is 166 Å². The average molecular weight is 402 g/mol. The topological polar surface area (TPSA) is 63.0 Å². The van der Waals surface area contributed by atoms with E-state index in [2.05, 4.69) is 0 Å². The van der Waals surface area contributed by atoms with Gasteiger partial charge < -0.3 is 19.0 Å². The minimum atomic E-state index is -0.977. The molecule has 3 fully saturated rings. The molecule has 5 rings (SSSR count). The Hall–Kier alpha value is -2.74. The molecule has 2 amide bonds. The summed E-state index contributed by atoms with van der Waals surface area (Å²) in [5.74, 6) is -1.40. The molecule has 8 heteroatoms. The molecule has 152 valence electrons. The van der Waals surface area contributed by atoms with Crippen molar-refractivity contribution in [1.82, 2.24) is 9.80 Å². The van der Waals surface area contributed by atoms with Crippen molar-refractivity contribution in [3.63, 3.8) is 0 Å². The molecule has 0 aliphatic carbocycles. The predicted octanol–water partition coefficient (Wildman–Crippen LogP) is 3.25. The van der Waals surface area contributed by atoms with Crippen molar-refractivity contribution in [2.45, 2.75) is 43.6 Å². The number of halogens is 2. The summed E-state index contributed by atoms with van der Waals surface area (Å²) in [7, 11) is 0. The number of hydrogen-bond acceptors (Lipinski definition) is 4. The van der Waals surface area contributed by atoms with Gasteiger partial charge in [-0.15, -0.1) is 0 Å².